The average molecular weight is 549 g/mol. The molecule has 3 aromatic heterocycles. The fourth-order valence-electron chi connectivity index (χ4n) is 5.53. The summed E-state index contributed by atoms with van der Waals surface area (Å²) in [6, 6.07) is 35.5. The topological polar surface area (TPSA) is 35.9 Å². The van der Waals surface area contributed by atoms with Crippen molar-refractivity contribution in [1.82, 2.24) is 14.1 Å². The summed E-state index contributed by atoms with van der Waals surface area (Å²) >= 11 is 0. The molecule has 7 aromatic rings. The Hall–Kier alpha value is -5.16. The van der Waals surface area contributed by atoms with E-state index in [1.165, 1.54) is 16.5 Å². The van der Waals surface area contributed by atoms with Crippen molar-refractivity contribution in [1.29, 1.82) is 0 Å². The van der Waals surface area contributed by atoms with Gasteiger partial charge in [0.2, 0.25) is 0 Å². The number of fused-ring (bicyclic) bond motifs is 3. The molecular formula is C37H32N4O. The number of ether oxygens (including phenoxy) is 1. The number of nitrogens with zero attached hydrogens (tertiary/aromatic N) is 4. The number of hydrogen-bond acceptors (Lipinski definition) is 2. The van der Waals surface area contributed by atoms with E-state index in [-0.39, 0.29) is 5.41 Å². The van der Waals surface area contributed by atoms with E-state index in [0.717, 1.165) is 45.1 Å². The van der Waals surface area contributed by atoms with E-state index in [1.54, 1.807) is 0 Å². The van der Waals surface area contributed by atoms with Crippen LogP contribution in [0, 0.1) is 13.3 Å². The quantitative estimate of drug-likeness (QED) is 0.160. The van der Waals surface area contributed by atoms with Crippen molar-refractivity contribution < 1.29 is 9.30 Å². The SMILES string of the molecule is Cc1ccccc1-[n+]1[c-]n(-c2cccc(Oc3ccc4c5ccccc5n(-c5cc(C(C)(C)C)ccn5)c4c3)c2)cc1. The van der Waals surface area contributed by atoms with E-state index in [4.69, 9.17) is 9.72 Å². The number of benzene rings is 4. The van der Waals surface area contributed by atoms with Gasteiger partial charge in [-0.25, -0.2) is 4.98 Å². The van der Waals surface area contributed by atoms with Gasteiger partial charge >= 0.3 is 0 Å². The van der Waals surface area contributed by atoms with Gasteiger partial charge in [-0.05, 0) is 78.1 Å². The van der Waals surface area contributed by atoms with Crippen LogP contribution in [-0.4, -0.2) is 14.1 Å². The molecule has 0 fully saturated rings. The minimum absolute atomic E-state index is 0.0199. The molecule has 0 N–H and O–H groups in total. The zero-order valence-corrected chi connectivity index (χ0v) is 24.2. The summed E-state index contributed by atoms with van der Waals surface area (Å²) in [7, 11) is 0. The first-order valence-corrected chi connectivity index (χ1v) is 14.2. The van der Waals surface area contributed by atoms with E-state index >= 15 is 0 Å². The molecule has 0 bridgehead atoms. The predicted octanol–water partition coefficient (Wildman–Crippen LogP) is 8.44. The number of pyridine rings is 1. The highest BCUT2D eigenvalue weighted by Gasteiger charge is 2.18. The fraction of sp³-hybridized carbons (Fsp3) is 0.135. The van der Waals surface area contributed by atoms with Crippen LogP contribution >= 0.6 is 0 Å². The van der Waals surface area contributed by atoms with Crippen LogP contribution in [0.2, 0.25) is 0 Å². The monoisotopic (exact) mass is 548 g/mol. The van der Waals surface area contributed by atoms with Gasteiger partial charge in [-0.15, -0.1) is 0 Å². The largest absolute Gasteiger partial charge is 0.458 e. The maximum Gasteiger partial charge on any atom is 0.268 e. The molecule has 5 heteroatoms. The van der Waals surface area contributed by atoms with Gasteiger partial charge < -0.3 is 4.74 Å². The normalized spacial score (nSPS) is 11.8. The third kappa shape index (κ3) is 4.63. The molecule has 4 aromatic carbocycles. The van der Waals surface area contributed by atoms with Crippen molar-refractivity contribution in [3.63, 3.8) is 0 Å². The first kappa shape index (κ1) is 25.8. The van der Waals surface area contributed by atoms with Crippen molar-refractivity contribution in [3.8, 4) is 28.7 Å². The lowest BCUT2D eigenvalue weighted by Gasteiger charge is -2.20. The van der Waals surface area contributed by atoms with Gasteiger partial charge in [-0.2, -0.15) is 0 Å². The second-order valence-corrected chi connectivity index (χ2v) is 11.7. The van der Waals surface area contributed by atoms with Gasteiger partial charge in [0.15, 0.2) is 0 Å². The molecule has 0 aliphatic heterocycles. The van der Waals surface area contributed by atoms with E-state index < -0.39 is 0 Å². The number of imidazole rings is 1. The van der Waals surface area contributed by atoms with Crippen LogP contribution in [0.5, 0.6) is 11.5 Å². The van der Waals surface area contributed by atoms with Crippen molar-refractivity contribution in [2.75, 3.05) is 0 Å². The van der Waals surface area contributed by atoms with Gasteiger partial charge in [-0.3, -0.25) is 13.7 Å². The van der Waals surface area contributed by atoms with E-state index in [2.05, 4.69) is 105 Å². The summed E-state index contributed by atoms with van der Waals surface area (Å²) in [5, 5.41) is 2.35. The van der Waals surface area contributed by atoms with Crippen LogP contribution in [0.1, 0.15) is 31.9 Å². The fourth-order valence-corrected chi connectivity index (χ4v) is 5.53. The van der Waals surface area contributed by atoms with Crippen LogP contribution in [-0.2, 0) is 5.41 Å². The zero-order chi connectivity index (χ0) is 28.8. The highest BCUT2D eigenvalue weighted by atomic mass is 16.5. The Labute approximate surface area is 245 Å². The summed E-state index contributed by atoms with van der Waals surface area (Å²) in [6.07, 6.45) is 9.36. The Morgan fingerprint density at radius 3 is 2.40 bits per heavy atom. The Kier molecular flexibility index (Phi) is 6.16. The smallest absolute Gasteiger partial charge is 0.268 e. The molecule has 42 heavy (non-hydrogen) atoms. The van der Waals surface area contributed by atoms with Crippen LogP contribution in [0.4, 0.5) is 0 Å². The van der Waals surface area contributed by atoms with Crippen molar-refractivity contribution in [2.45, 2.75) is 33.1 Å². The molecule has 0 aliphatic rings. The molecule has 0 radical (unpaired) electrons. The van der Waals surface area contributed by atoms with Crippen LogP contribution in [0.15, 0.2) is 122 Å². The second-order valence-electron chi connectivity index (χ2n) is 11.7. The van der Waals surface area contributed by atoms with Gasteiger partial charge in [0.1, 0.15) is 17.3 Å². The Bertz CT molecular complexity index is 2080. The maximum absolute atomic E-state index is 6.46. The summed E-state index contributed by atoms with van der Waals surface area (Å²) in [5.74, 6) is 2.42. The van der Waals surface area contributed by atoms with Gasteiger partial charge in [0.05, 0.1) is 22.4 Å². The first-order chi connectivity index (χ1) is 20.3. The number of rotatable bonds is 5. The number of aromatic nitrogens is 4. The highest BCUT2D eigenvalue weighted by molar-refractivity contribution is 6.09. The molecule has 0 amide bonds. The molecule has 3 heterocycles. The van der Waals surface area contributed by atoms with Crippen molar-refractivity contribution >= 4 is 21.8 Å². The molecule has 7 rings (SSSR count). The minimum atomic E-state index is 0.0199. The van der Waals surface area contributed by atoms with Crippen molar-refractivity contribution in [2.24, 2.45) is 0 Å². The Morgan fingerprint density at radius 1 is 0.762 bits per heavy atom. The second kappa shape index (κ2) is 10.0. The van der Waals surface area contributed by atoms with Crippen LogP contribution in [0.25, 0.3) is 39.0 Å². The van der Waals surface area contributed by atoms with Gasteiger partial charge in [0, 0.05) is 35.4 Å². The van der Waals surface area contributed by atoms with Gasteiger partial charge in [0.25, 0.3) is 6.33 Å². The standard InChI is InChI=1S/C37H32N4O/c1-26-10-5-7-14-33(26)40-21-20-39(25-40)28-11-9-12-29(23-28)42-30-16-17-32-31-13-6-8-15-34(31)41(35(32)24-30)36-22-27(18-19-38-36)37(2,3)4/h5-24H,1-4H3. The number of aryl methyl sites for hydroxylation is 1. The van der Waals surface area contributed by atoms with Crippen LogP contribution < -0.4 is 9.30 Å². The predicted molar refractivity (Wildman–Crippen MR) is 168 cm³/mol. The lowest BCUT2D eigenvalue weighted by atomic mass is 9.88. The first-order valence-electron chi connectivity index (χ1n) is 14.2. The lowest BCUT2D eigenvalue weighted by molar-refractivity contribution is -0.599. The van der Waals surface area contributed by atoms with Crippen LogP contribution in [0.3, 0.4) is 0 Å². The third-order valence-electron chi connectivity index (χ3n) is 7.77. The molecule has 5 nitrogen and oxygen atoms in total. The van der Waals surface area contributed by atoms with E-state index in [9.17, 15) is 0 Å². The minimum Gasteiger partial charge on any atom is -0.458 e. The summed E-state index contributed by atoms with van der Waals surface area (Å²) in [5.41, 5.74) is 6.71. The molecular weight excluding hydrogens is 516 g/mol. The molecule has 0 aliphatic carbocycles. The lowest BCUT2D eigenvalue weighted by Crippen LogP contribution is -2.29. The van der Waals surface area contributed by atoms with Gasteiger partial charge in [-0.1, -0.05) is 63.2 Å². The Morgan fingerprint density at radius 2 is 1.55 bits per heavy atom. The summed E-state index contributed by atoms with van der Waals surface area (Å²) in [4.78, 5) is 4.80. The molecule has 0 spiro atoms. The molecule has 206 valence electrons. The summed E-state index contributed by atoms with van der Waals surface area (Å²) in [6.45, 7) is 8.79. The highest BCUT2D eigenvalue weighted by Crippen LogP contribution is 2.36. The zero-order valence-electron chi connectivity index (χ0n) is 24.2. The average Bonchev–Trinajstić information content (AvgIpc) is 3.60. The van der Waals surface area contributed by atoms with E-state index in [0.29, 0.717) is 0 Å². The molecule has 0 unspecified atom stereocenters. The summed E-state index contributed by atoms with van der Waals surface area (Å²) < 4.78 is 12.7. The van der Waals surface area contributed by atoms with Crippen molar-refractivity contribution in [3.05, 3.63) is 139 Å². The van der Waals surface area contributed by atoms with E-state index in [1.807, 2.05) is 64.1 Å². The number of hydrogen-bond donors (Lipinski definition) is 0. The third-order valence-corrected chi connectivity index (χ3v) is 7.77. The maximum atomic E-state index is 6.46. The number of para-hydroxylation sites is 2. The molecule has 0 saturated carbocycles. The molecule has 0 saturated heterocycles. The molecule has 0 atom stereocenters. The Balaban J connectivity index is 1.27.